The fourth-order valence-corrected chi connectivity index (χ4v) is 6.97. The molecule has 2 aromatic rings. The SMILES string of the molecule is C=CCN1CC[C@@]2(c3cccc(OC(C)=O)c3)C[C@@H](N(C)C(=O)CCCCCc3ccccc3)CC(OC)[C@@H]2C1. The summed E-state index contributed by atoms with van der Waals surface area (Å²) in [6.07, 6.45) is 9.32. The number of ether oxygens (including phenoxy) is 2. The Bertz CT molecular complexity index is 1140. The third-order valence-electron chi connectivity index (χ3n) is 9.09. The predicted octanol–water partition coefficient (Wildman–Crippen LogP) is 5.80. The first kappa shape index (κ1) is 30.0. The number of amides is 1. The van der Waals surface area contributed by atoms with Crippen LogP contribution in [0.1, 0.15) is 63.0 Å². The van der Waals surface area contributed by atoms with Crippen molar-refractivity contribution in [1.29, 1.82) is 0 Å². The van der Waals surface area contributed by atoms with Crippen molar-refractivity contribution in [3.05, 3.63) is 78.4 Å². The van der Waals surface area contributed by atoms with Gasteiger partial charge in [0.25, 0.3) is 0 Å². The molecule has 0 aromatic heterocycles. The van der Waals surface area contributed by atoms with E-state index in [4.69, 9.17) is 9.47 Å². The summed E-state index contributed by atoms with van der Waals surface area (Å²) in [5.74, 6) is 0.725. The molecular formula is C34H46N2O4. The summed E-state index contributed by atoms with van der Waals surface area (Å²) in [6, 6.07) is 18.6. The molecule has 6 heteroatoms. The largest absolute Gasteiger partial charge is 0.427 e. The number of likely N-dealkylation sites (tertiary alicyclic amines) is 1. The minimum atomic E-state index is -0.322. The third kappa shape index (κ3) is 7.21. The summed E-state index contributed by atoms with van der Waals surface area (Å²) in [7, 11) is 3.77. The average molecular weight is 547 g/mol. The summed E-state index contributed by atoms with van der Waals surface area (Å²) < 4.78 is 11.6. The molecule has 0 radical (unpaired) electrons. The molecule has 1 saturated heterocycles. The first-order chi connectivity index (χ1) is 19.4. The third-order valence-corrected chi connectivity index (χ3v) is 9.09. The molecule has 40 heavy (non-hydrogen) atoms. The Hall–Kier alpha value is -2.96. The fourth-order valence-electron chi connectivity index (χ4n) is 6.97. The second-order valence-corrected chi connectivity index (χ2v) is 11.6. The topological polar surface area (TPSA) is 59.1 Å². The zero-order valence-corrected chi connectivity index (χ0v) is 24.5. The molecule has 4 rings (SSSR count). The van der Waals surface area contributed by atoms with Crippen molar-refractivity contribution < 1.29 is 19.1 Å². The maximum Gasteiger partial charge on any atom is 0.308 e. The van der Waals surface area contributed by atoms with Crippen LogP contribution in [0.15, 0.2) is 67.3 Å². The van der Waals surface area contributed by atoms with Gasteiger partial charge in [0.15, 0.2) is 0 Å². The summed E-state index contributed by atoms with van der Waals surface area (Å²) in [5.41, 5.74) is 2.35. The molecule has 1 amide bonds. The first-order valence-electron chi connectivity index (χ1n) is 14.8. The first-order valence-corrected chi connectivity index (χ1v) is 14.8. The van der Waals surface area contributed by atoms with Gasteiger partial charge in [-0.3, -0.25) is 14.5 Å². The van der Waals surface area contributed by atoms with E-state index in [1.807, 2.05) is 42.3 Å². The number of fused-ring (bicyclic) bond motifs is 1. The molecule has 2 aliphatic rings. The van der Waals surface area contributed by atoms with Crippen LogP contribution >= 0.6 is 0 Å². The van der Waals surface area contributed by atoms with Gasteiger partial charge in [0, 0.05) is 58.0 Å². The average Bonchev–Trinajstić information content (AvgIpc) is 2.96. The Morgan fingerprint density at radius 3 is 2.65 bits per heavy atom. The lowest BCUT2D eigenvalue weighted by Gasteiger charge is -2.56. The summed E-state index contributed by atoms with van der Waals surface area (Å²) in [6.45, 7) is 8.09. The van der Waals surface area contributed by atoms with Crippen LogP contribution in [0.2, 0.25) is 0 Å². The number of aryl methyl sites for hydroxylation is 1. The van der Waals surface area contributed by atoms with E-state index < -0.39 is 0 Å². The molecule has 2 aromatic carbocycles. The van der Waals surface area contributed by atoms with E-state index in [9.17, 15) is 9.59 Å². The van der Waals surface area contributed by atoms with E-state index in [2.05, 4.69) is 41.8 Å². The minimum absolute atomic E-state index is 0.0184. The molecule has 1 unspecified atom stereocenters. The lowest BCUT2D eigenvalue weighted by molar-refractivity contribution is -0.138. The van der Waals surface area contributed by atoms with Crippen LogP contribution in [-0.2, 0) is 26.2 Å². The number of esters is 1. The Balaban J connectivity index is 1.48. The lowest BCUT2D eigenvalue weighted by Crippen LogP contribution is -2.61. The van der Waals surface area contributed by atoms with E-state index in [0.717, 1.165) is 64.6 Å². The number of hydrogen-bond acceptors (Lipinski definition) is 5. The molecule has 0 spiro atoms. The van der Waals surface area contributed by atoms with Gasteiger partial charge < -0.3 is 14.4 Å². The number of rotatable bonds is 12. The van der Waals surface area contributed by atoms with Crippen LogP contribution in [0.3, 0.4) is 0 Å². The van der Waals surface area contributed by atoms with E-state index in [1.54, 1.807) is 7.11 Å². The highest BCUT2D eigenvalue weighted by atomic mass is 16.5. The van der Waals surface area contributed by atoms with E-state index in [1.165, 1.54) is 18.1 Å². The van der Waals surface area contributed by atoms with Crippen molar-refractivity contribution in [2.24, 2.45) is 5.92 Å². The quantitative estimate of drug-likeness (QED) is 0.146. The van der Waals surface area contributed by atoms with Crippen LogP contribution in [0, 0.1) is 5.92 Å². The van der Waals surface area contributed by atoms with Crippen molar-refractivity contribution >= 4 is 11.9 Å². The second kappa shape index (κ2) is 14.1. The Morgan fingerprint density at radius 2 is 1.93 bits per heavy atom. The highest BCUT2D eigenvalue weighted by Gasteiger charge is 2.53. The van der Waals surface area contributed by atoms with Gasteiger partial charge in [0.05, 0.1) is 6.10 Å². The van der Waals surface area contributed by atoms with Gasteiger partial charge >= 0.3 is 5.97 Å². The van der Waals surface area contributed by atoms with E-state index in [-0.39, 0.29) is 35.4 Å². The molecule has 2 fully saturated rings. The van der Waals surface area contributed by atoms with Gasteiger partial charge in [-0.2, -0.15) is 0 Å². The van der Waals surface area contributed by atoms with E-state index >= 15 is 0 Å². The summed E-state index contributed by atoms with van der Waals surface area (Å²) in [4.78, 5) is 29.5. The normalized spacial score (nSPS) is 24.6. The van der Waals surface area contributed by atoms with Crippen LogP contribution < -0.4 is 4.74 Å². The van der Waals surface area contributed by atoms with Crippen LogP contribution in [0.5, 0.6) is 5.75 Å². The Labute approximate surface area is 240 Å². The second-order valence-electron chi connectivity index (χ2n) is 11.6. The summed E-state index contributed by atoms with van der Waals surface area (Å²) in [5, 5.41) is 0. The van der Waals surface area contributed by atoms with Gasteiger partial charge in [-0.15, -0.1) is 6.58 Å². The molecule has 1 saturated carbocycles. The monoisotopic (exact) mass is 546 g/mol. The molecule has 1 aliphatic heterocycles. The van der Waals surface area contributed by atoms with Crippen molar-refractivity contribution in [3.8, 4) is 5.75 Å². The molecule has 1 aliphatic carbocycles. The van der Waals surface area contributed by atoms with Crippen LogP contribution in [0.4, 0.5) is 0 Å². The standard InChI is InChI=1S/C34H46N2O4/c1-5-20-36-21-19-34(28-16-12-17-30(22-28)40-26(2)37)24-29(23-32(39-4)31(34)25-36)35(3)33(38)18-11-7-10-15-27-13-8-6-9-14-27/h5-6,8-9,12-14,16-17,22,29,31-32H,1,7,10-11,15,18-21,23-25H2,2-4H3/t29-,31-,32?,34-/m0/s1. The number of piperidine rings is 1. The molecule has 0 N–H and O–H groups in total. The Morgan fingerprint density at radius 1 is 1.12 bits per heavy atom. The maximum absolute atomic E-state index is 13.4. The number of carbonyl (C=O) groups excluding carboxylic acids is 2. The van der Waals surface area contributed by atoms with Crippen molar-refractivity contribution in [1.82, 2.24) is 9.80 Å². The number of benzene rings is 2. The van der Waals surface area contributed by atoms with E-state index in [0.29, 0.717) is 12.2 Å². The molecular weight excluding hydrogens is 500 g/mol. The smallest absolute Gasteiger partial charge is 0.308 e. The van der Waals surface area contributed by atoms with Gasteiger partial charge in [0.1, 0.15) is 5.75 Å². The zero-order valence-electron chi connectivity index (χ0n) is 24.5. The number of hydrogen-bond donors (Lipinski definition) is 0. The lowest BCUT2D eigenvalue weighted by atomic mass is 9.56. The van der Waals surface area contributed by atoms with Crippen molar-refractivity contribution in [2.75, 3.05) is 33.8 Å². The zero-order chi connectivity index (χ0) is 28.5. The van der Waals surface area contributed by atoms with Gasteiger partial charge in [-0.25, -0.2) is 0 Å². The number of methoxy groups -OCH3 is 1. The Kier molecular flexibility index (Phi) is 10.6. The van der Waals surface area contributed by atoms with Gasteiger partial charge in [-0.1, -0.05) is 55.0 Å². The van der Waals surface area contributed by atoms with Crippen LogP contribution in [-0.4, -0.2) is 67.6 Å². The molecule has 216 valence electrons. The molecule has 0 bridgehead atoms. The van der Waals surface area contributed by atoms with Gasteiger partial charge in [0.2, 0.25) is 5.91 Å². The fraction of sp³-hybridized carbons (Fsp3) is 0.529. The van der Waals surface area contributed by atoms with Gasteiger partial charge in [-0.05, 0) is 68.3 Å². The molecule has 4 atom stereocenters. The highest BCUT2D eigenvalue weighted by molar-refractivity contribution is 5.76. The van der Waals surface area contributed by atoms with Crippen molar-refractivity contribution in [2.45, 2.75) is 75.9 Å². The number of carbonyl (C=O) groups is 2. The molecule has 1 heterocycles. The number of unbranched alkanes of at least 4 members (excludes halogenated alkanes) is 2. The van der Waals surface area contributed by atoms with Crippen molar-refractivity contribution in [3.63, 3.8) is 0 Å². The predicted molar refractivity (Wildman–Crippen MR) is 159 cm³/mol. The summed E-state index contributed by atoms with van der Waals surface area (Å²) >= 11 is 0. The number of nitrogens with zero attached hydrogens (tertiary/aromatic N) is 2. The molecule has 6 nitrogen and oxygen atoms in total. The maximum atomic E-state index is 13.4. The van der Waals surface area contributed by atoms with Crippen LogP contribution in [0.25, 0.3) is 0 Å². The highest BCUT2D eigenvalue weighted by Crippen LogP contribution is 2.51. The minimum Gasteiger partial charge on any atom is -0.427 e.